The first-order valence-corrected chi connectivity index (χ1v) is 8.49. The van der Waals surface area contributed by atoms with Crippen molar-refractivity contribution in [2.24, 2.45) is 4.99 Å². The minimum absolute atomic E-state index is 0.590. The molecule has 1 aliphatic carbocycles. The fraction of sp³-hybridized carbons (Fsp3) is 0.611. The van der Waals surface area contributed by atoms with Crippen LogP contribution < -0.4 is 15.4 Å². The Hall–Kier alpha value is -1.71. The molecule has 0 heterocycles. The second-order valence-electron chi connectivity index (χ2n) is 5.84. The number of hydrogen-bond acceptors (Lipinski definition) is 2. The van der Waals surface area contributed by atoms with E-state index in [0.29, 0.717) is 6.04 Å². The standard InChI is InChI=1S/C18H29N3O/c1-3-19-18(21-16-7-5-4-6-8-16)20-14-13-15-9-11-17(22-2)12-10-15/h9-12,16H,3-8,13-14H2,1-2H3,(H2,19,20,21). The molecular weight excluding hydrogens is 274 g/mol. The molecule has 0 spiro atoms. The highest BCUT2D eigenvalue weighted by atomic mass is 16.5. The van der Waals surface area contributed by atoms with Crippen LogP contribution in [0.4, 0.5) is 0 Å². The van der Waals surface area contributed by atoms with Crippen molar-refractivity contribution in [1.82, 2.24) is 10.6 Å². The maximum Gasteiger partial charge on any atom is 0.191 e. The number of nitrogens with zero attached hydrogens (tertiary/aromatic N) is 1. The van der Waals surface area contributed by atoms with Gasteiger partial charge in [0.1, 0.15) is 5.75 Å². The van der Waals surface area contributed by atoms with Crippen molar-refractivity contribution in [2.75, 3.05) is 20.2 Å². The molecule has 4 nitrogen and oxygen atoms in total. The van der Waals surface area contributed by atoms with E-state index in [1.54, 1.807) is 7.11 Å². The van der Waals surface area contributed by atoms with E-state index >= 15 is 0 Å². The first-order chi connectivity index (χ1) is 10.8. The molecule has 1 aromatic carbocycles. The summed E-state index contributed by atoms with van der Waals surface area (Å²) in [5.74, 6) is 1.86. The van der Waals surface area contributed by atoms with Crippen LogP contribution in [0.2, 0.25) is 0 Å². The summed E-state index contributed by atoms with van der Waals surface area (Å²) in [6.45, 7) is 3.82. The number of methoxy groups -OCH3 is 1. The number of guanidine groups is 1. The molecule has 0 bridgehead atoms. The van der Waals surface area contributed by atoms with Crippen LogP contribution in [0.5, 0.6) is 5.75 Å². The van der Waals surface area contributed by atoms with Crippen LogP contribution in [-0.2, 0) is 6.42 Å². The monoisotopic (exact) mass is 303 g/mol. The van der Waals surface area contributed by atoms with Gasteiger partial charge in [-0.05, 0) is 43.9 Å². The predicted molar refractivity (Wildman–Crippen MR) is 92.7 cm³/mol. The Morgan fingerprint density at radius 1 is 1.18 bits per heavy atom. The summed E-state index contributed by atoms with van der Waals surface area (Å²) in [5, 5.41) is 6.93. The van der Waals surface area contributed by atoms with E-state index in [0.717, 1.165) is 31.2 Å². The lowest BCUT2D eigenvalue weighted by molar-refractivity contribution is 0.410. The molecule has 4 heteroatoms. The van der Waals surface area contributed by atoms with E-state index in [-0.39, 0.29) is 0 Å². The molecule has 22 heavy (non-hydrogen) atoms. The van der Waals surface area contributed by atoms with Crippen molar-refractivity contribution < 1.29 is 4.74 Å². The lowest BCUT2D eigenvalue weighted by atomic mass is 9.96. The maximum atomic E-state index is 5.18. The minimum atomic E-state index is 0.590. The Labute approximate surface area is 134 Å². The van der Waals surface area contributed by atoms with Gasteiger partial charge in [0.05, 0.1) is 7.11 Å². The van der Waals surface area contributed by atoms with Crippen molar-refractivity contribution in [2.45, 2.75) is 51.5 Å². The molecule has 0 radical (unpaired) electrons. The smallest absolute Gasteiger partial charge is 0.191 e. The molecule has 122 valence electrons. The molecular formula is C18H29N3O. The number of hydrogen-bond donors (Lipinski definition) is 2. The molecule has 1 fully saturated rings. The Morgan fingerprint density at radius 3 is 2.55 bits per heavy atom. The van der Waals surface area contributed by atoms with Crippen LogP contribution in [0.1, 0.15) is 44.6 Å². The van der Waals surface area contributed by atoms with E-state index in [9.17, 15) is 0 Å². The predicted octanol–water partition coefficient (Wildman–Crippen LogP) is 3.13. The summed E-state index contributed by atoms with van der Waals surface area (Å²) in [6.07, 6.45) is 7.53. The van der Waals surface area contributed by atoms with Crippen molar-refractivity contribution in [1.29, 1.82) is 0 Å². The highest BCUT2D eigenvalue weighted by Crippen LogP contribution is 2.17. The molecule has 0 amide bonds. The Kier molecular flexibility index (Phi) is 7.07. The summed E-state index contributed by atoms with van der Waals surface area (Å²) in [7, 11) is 1.69. The normalized spacial score (nSPS) is 16.4. The van der Waals surface area contributed by atoms with Gasteiger partial charge in [0.25, 0.3) is 0 Å². The average molecular weight is 303 g/mol. The second-order valence-corrected chi connectivity index (χ2v) is 5.84. The fourth-order valence-electron chi connectivity index (χ4n) is 2.85. The fourth-order valence-corrected chi connectivity index (χ4v) is 2.85. The number of rotatable bonds is 6. The zero-order chi connectivity index (χ0) is 15.6. The molecule has 2 N–H and O–H groups in total. The quantitative estimate of drug-likeness (QED) is 0.627. The lowest BCUT2D eigenvalue weighted by Crippen LogP contribution is -2.44. The Bertz CT molecular complexity index is 450. The van der Waals surface area contributed by atoms with Crippen LogP contribution in [-0.4, -0.2) is 32.2 Å². The van der Waals surface area contributed by atoms with E-state index in [1.807, 2.05) is 12.1 Å². The molecule has 1 aliphatic rings. The van der Waals surface area contributed by atoms with Crippen LogP contribution in [0.3, 0.4) is 0 Å². The molecule has 0 saturated heterocycles. The van der Waals surface area contributed by atoms with Gasteiger partial charge in [-0.3, -0.25) is 4.99 Å². The first-order valence-electron chi connectivity index (χ1n) is 8.49. The average Bonchev–Trinajstić information content (AvgIpc) is 2.56. The van der Waals surface area contributed by atoms with Crippen LogP contribution in [0, 0.1) is 0 Å². The highest BCUT2D eigenvalue weighted by molar-refractivity contribution is 5.80. The molecule has 0 aromatic heterocycles. The van der Waals surface area contributed by atoms with Gasteiger partial charge in [-0.1, -0.05) is 31.4 Å². The van der Waals surface area contributed by atoms with Gasteiger partial charge >= 0.3 is 0 Å². The van der Waals surface area contributed by atoms with Crippen molar-refractivity contribution >= 4 is 5.96 Å². The van der Waals surface area contributed by atoms with Crippen LogP contribution in [0.25, 0.3) is 0 Å². The van der Waals surface area contributed by atoms with Crippen LogP contribution >= 0.6 is 0 Å². The molecule has 2 rings (SSSR count). The molecule has 1 aromatic rings. The van der Waals surface area contributed by atoms with Gasteiger partial charge in [0, 0.05) is 19.1 Å². The van der Waals surface area contributed by atoms with Crippen molar-refractivity contribution in [3.05, 3.63) is 29.8 Å². The van der Waals surface area contributed by atoms with E-state index in [4.69, 9.17) is 9.73 Å². The van der Waals surface area contributed by atoms with Crippen LogP contribution in [0.15, 0.2) is 29.3 Å². The van der Waals surface area contributed by atoms with E-state index < -0.39 is 0 Å². The summed E-state index contributed by atoms with van der Waals surface area (Å²) >= 11 is 0. The van der Waals surface area contributed by atoms with Gasteiger partial charge in [0.15, 0.2) is 5.96 Å². The summed E-state index contributed by atoms with van der Waals surface area (Å²) in [6, 6.07) is 8.81. The topological polar surface area (TPSA) is 45.7 Å². The largest absolute Gasteiger partial charge is 0.497 e. The minimum Gasteiger partial charge on any atom is -0.497 e. The van der Waals surface area contributed by atoms with Gasteiger partial charge in [-0.25, -0.2) is 0 Å². The SMILES string of the molecule is CCNC(=NCCc1ccc(OC)cc1)NC1CCCCC1. The molecule has 0 unspecified atom stereocenters. The van der Waals surface area contributed by atoms with Crippen molar-refractivity contribution in [3.63, 3.8) is 0 Å². The molecule has 0 atom stereocenters. The summed E-state index contributed by atoms with van der Waals surface area (Å²) < 4.78 is 5.18. The zero-order valence-corrected chi connectivity index (χ0v) is 13.9. The Balaban J connectivity index is 1.82. The van der Waals surface area contributed by atoms with Gasteiger partial charge in [0.2, 0.25) is 0 Å². The zero-order valence-electron chi connectivity index (χ0n) is 13.9. The third-order valence-corrected chi connectivity index (χ3v) is 4.12. The maximum absolute atomic E-state index is 5.18. The third-order valence-electron chi connectivity index (χ3n) is 4.12. The van der Waals surface area contributed by atoms with Gasteiger partial charge in [-0.15, -0.1) is 0 Å². The summed E-state index contributed by atoms with van der Waals surface area (Å²) in [5.41, 5.74) is 1.29. The number of aliphatic imine (C=N–C) groups is 1. The number of benzene rings is 1. The lowest BCUT2D eigenvalue weighted by Gasteiger charge is -2.24. The first kappa shape index (κ1) is 16.7. The van der Waals surface area contributed by atoms with Gasteiger partial charge < -0.3 is 15.4 Å². The van der Waals surface area contributed by atoms with Crippen molar-refractivity contribution in [3.8, 4) is 5.75 Å². The number of nitrogens with one attached hydrogen (secondary N) is 2. The molecule has 1 saturated carbocycles. The third kappa shape index (κ3) is 5.58. The highest BCUT2D eigenvalue weighted by Gasteiger charge is 2.14. The summed E-state index contributed by atoms with van der Waals surface area (Å²) in [4.78, 5) is 4.71. The van der Waals surface area contributed by atoms with Gasteiger partial charge in [-0.2, -0.15) is 0 Å². The van der Waals surface area contributed by atoms with E-state index in [1.165, 1.54) is 37.7 Å². The van der Waals surface area contributed by atoms with E-state index in [2.05, 4.69) is 29.7 Å². The Morgan fingerprint density at radius 2 is 1.91 bits per heavy atom. The number of ether oxygens (including phenoxy) is 1. The molecule has 0 aliphatic heterocycles. The second kappa shape index (κ2) is 9.34.